The van der Waals surface area contributed by atoms with Crippen molar-refractivity contribution < 1.29 is 52.8 Å². The van der Waals surface area contributed by atoms with Gasteiger partial charge >= 0.3 is 11.9 Å². The summed E-state index contributed by atoms with van der Waals surface area (Å²) in [5.41, 5.74) is 6.44. The summed E-state index contributed by atoms with van der Waals surface area (Å²) in [5, 5.41) is 18.6. The Morgan fingerprint density at radius 3 is 1.43 bits per heavy atom. The van der Waals surface area contributed by atoms with Crippen LogP contribution < -0.4 is 34.6 Å². The van der Waals surface area contributed by atoms with Gasteiger partial charge < -0.3 is 44.5 Å². The molecule has 4 aromatic carbocycles. The van der Waals surface area contributed by atoms with Gasteiger partial charge in [0.15, 0.2) is 0 Å². The third kappa shape index (κ3) is 13.6. The van der Waals surface area contributed by atoms with E-state index in [1.165, 1.54) is 30.5 Å². The molecule has 0 atom stereocenters. The van der Waals surface area contributed by atoms with E-state index in [2.05, 4.69) is 25.5 Å². The maximum atomic E-state index is 13.0. The first-order valence-corrected chi connectivity index (χ1v) is 24.6. The van der Waals surface area contributed by atoms with E-state index in [1.807, 2.05) is 63.2 Å². The fraction of sp³-hybridized carbons (Fsp3) is 0.170. The fourth-order valence-corrected chi connectivity index (χ4v) is 9.46. The monoisotopic (exact) mass is 1060 g/mol. The highest BCUT2D eigenvalue weighted by atomic mass is 32.1. The Hall–Kier alpha value is -8.66. The zero-order chi connectivity index (χ0) is 53.6. The number of ether oxygens (including phenoxy) is 4. The molecule has 21 heteroatoms. The fourth-order valence-electron chi connectivity index (χ4n) is 6.94. The number of aromatic nitrogens is 3. The standard InChI is InChI=1S/C23H21N5O3S.2C15H15NO4S/c1-15-12-18(31-3)8-9-19(15)27(2)23(30)21-11-10-20(32-21)22(29)26-16-4-6-17(7-5-16)28-14-24-13-25-28;1-9-8-10(19-2)4-5-11(9)16-14(17)12-6-7-13(21-12)15(18)20-3;1-9-8-10(20-3)4-5-11(9)16(2)14(17)12-6-7-13(21-12)15(18)19/h4-14H,1-3H3,(H,26,29);4-8H,1-3H3,(H,16,17);4-8H,1-3H3,(H,18,19). The molecule has 74 heavy (non-hydrogen) atoms. The van der Waals surface area contributed by atoms with Crippen LogP contribution in [0.3, 0.4) is 0 Å². The molecule has 0 fully saturated rings. The summed E-state index contributed by atoms with van der Waals surface area (Å²) in [5.74, 6) is -0.232. The molecule has 8 rings (SSSR count). The lowest BCUT2D eigenvalue weighted by Gasteiger charge is -2.19. The van der Waals surface area contributed by atoms with Gasteiger partial charge in [0.25, 0.3) is 23.6 Å². The molecule has 382 valence electrons. The molecule has 4 amide bonds. The van der Waals surface area contributed by atoms with Crippen molar-refractivity contribution in [3.8, 4) is 22.9 Å². The van der Waals surface area contributed by atoms with Gasteiger partial charge in [-0.25, -0.2) is 19.3 Å². The second-order valence-electron chi connectivity index (χ2n) is 15.8. The highest BCUT2D eigenvalue weighted by Crippen LogP contribution is 2.30. The lowest BCUT2D eigenvalue weighted by molar-refractivity contribution is 0.0604. The number of hydrogen-bond acceptors (Lipinski definition) is 15. The van der Waals surface area contributed by atoms with Crippen molar-refractivity contribution in [3.63, 3.8) is 0 Å². The van der Waals surface area contributed by atoms with Gasteiger partial charge in [0.05, 0.1) is 53.6 Å². The van der Waals surface area contributed by atoms with E-state index >= 15 is 0 Å². The quantitative estimate of drug-likeness (QED) is 0.0864. The van der Waals surface area contributed by atoms with Crippen LogP contribution in [0.4, 0.5) is 22.7 Å². The normalized spacial score (nSPS) is 10.3. The molecule has 0 aliphatic rings. The highest BCUT2D eigenvalue weighted by Gasteiger charge is 2.22. The van der Waals surface area contributed by atoms with Gasteiger partial charge in [-0.05, 0) is 153 Å². The van der Waals surface area contributed by atoms with E-state index < -0.39 is 11.9 Å². The van der Waals surface area contributed by atoms with E-state index in [1.54, 1.807) is 112 Å². The number of methoxy groups -OCH3 is 4. The van der Waals surface area contributed by atoms with Crippen molar-refractivity contribution >= 4 is 92.3 Å². The molecular formula is C53H51N7O11S3. The Labute approximate surface area is 438 Å². The van der Waals surface area contributed by atoms with Crippen LogP contribution in [0.2, 0.25) is 0 Å². The van der Waals surface area contributed by atoms with Crippen LogP contribution in [0.25, 0.3) is 5.69 Å². The molecule has 8 aromatic rings. The Morgan fingerprint density at radius 2 is 0.986 bits per heavy atom. The van der Waals surface area contributed by atoms with Gasteiger partial charge in [-0.3, -0.25) is 19.2 Å². The minimum absolute atomic E-state index is 0.151. The number of benzene rings is 4. The maximum absolute atomic E-state index is 13.0. The van der Waals surface area contributed by atoms with Gasteiger partial charge in [0, 0.05) is 36.8 Å². The summed E-state index contributed by atoms with van der Waals surface area (Å²) in [4.78, 5) is 81.7. The van der Waals surface area contributed by atoms with Crippen LogP contribution in [0.1, 0.15) is 74.7 Å². The number of nitrogens with zero attached hydrogens (tertiary/aromatic N) is 5. The predicted octanol–water partition coefficient (Wildman–Crippen LogP) is 10.3. The van der Waals surface area contributed by atoms with Crippen LogP contribution >= 0.6 is 34.0 Å². The minimum atomic E-state index is -1.03. The molecule has 0 saturated heterocycles. The lowest BCUT2D eigenvalue weighted by Crippen LogP contribution is -2.26. The number of carboxylic acids is 1. The highest BCUT2D eigenvalue weighted by molar-refractivity contribution is 7.16. The molecule has 0 unspecified atom stereocenters. The SMILES string of the molecule is COC(=O)c1ccc(C(=O)Nc2ccc(OC)cc2C)s1.COc1ccc(N(C)C(=O)c2ccc(C(=O)Nc3ccc(-n4cncn4)cc3)s2)c(C)c1.COc1ccc(N(C)C(=O)c2ccc(C(=O)O)s2)c(C)c1. The van der Waals surface area contributed by atoms with Crippen LogP contribution in [0.5, 0.6) is 17.2 Å². The number of rotatable bonds is 14. The van der Waals surface area contributed by atoms with Crippen molar-refractivity contribution in [2.75, 3.05) is 63.0 Å². The third-order valence-electron chi connectivity index (χ3n) is 10.9. The number of hydrogen-bond donors (Lipinski definition) is 3. The number of aryl methyl sites for hydroxylation is 3. The first-order valence-electron chi connectivity index (χ1n) is 22.1. The predicted molar refractivity (Wildman–Crippen MR) is 287 cm³/mol. The molecule has 4 heterocycles. The number of carboxylic acid groups (broad SMARTS) is 1. The average molecular weight is 1060 g/mol. The summed E-state index contributed by atoms with van der Waals surface area (Å²) >= 11 is 3.22. The van der Waals surface area contributed by atoms with Crippen LogP contribution in [-0.4, -0.2) is 98.0 Å². The molecule has 0 aliphatic carbocycles. The molecule has 4 aromatic heterocycles. The number of amides is 4. The molecule has 0 aliphatic heterocycles. The van der Waals surface area contributed by atoms with Gasteiger partial charge in [-0.1, -0.05) is 0 Å². The summed E-state index contributed by atoms with van der Waals surface area (Å²) in [6, 6.07) is 33.1. The average Bonchev–Trinajstić information content (AvgIpc) is 4.27. The van der Waals surface area contributed by atoms with E-state index in [4.69, 9.17) is 19.3 Å². The minimum Gasteiger partial charge on any atom is -0.497 e. The second-order valence-corrected chi connectivity index (χ2v) is 19.0. The molecule has 0 radical (unpaired) electrons. The molecule has 0 spiro atoms. The molecule has 0 bridgehead atoms. The number of carbonyl (C=O) groups is 6. The van der Waals surface area contributed by atoms with Gasteiger partial charge in [-0.15, -0.1) is 34.0 Å². The van der Waals surface area contributed by atoms with E-state index in [0.717, 1.165) is 85.0 Å². The third-order valence-corrected chi connectivity index (χ3v) is 14.1. The van der Waals surface area contributed by atoms with E-state index in [-0.39, 0.29) is 28.5 Å². The zero-order valence-electron chi connectivity index (χ0n) is 41.6. The van der Waals surface area contributed by atoms with Crippen LogP contribution in [0.15, 0.2) is 128 Å². The number of thiophene rings is 3. The number of anilines is 4. The summed E-state index contributed by atoms with van der Waals surface area (Å²) in [6.45, 7) is 5.69. The first kappa shape index (κ1) is 54.7. The van der Waals surface area contributed by atoms with Crippen molar-refractivity contribution in [2.45, 2.75) is 20.8 Å². The Morgan fingerprint density at radius 1 is 0.541 bits per heavy atom. The van der Waals surface area contributed by atoms with Crippen molar-refractivity contribution in [2.24, 2.45) is 0 Å². The number of aromatic carboxylic acids is 1. The van der Waals surface area contributed by atoms with Gasteiger partial charge in [-0.2, -0.15) is 5.10 Å². The van der Waals surface area contributed by atoms with Crippen molar-refractivity contribution in [3.05, 3.63) is 174 Å². The molecule has 0 saturated carbocycles. The Bertz CT molecular complexity index is 3290. The number of esters is 1. The van der Waals surface area contributed by atoms with E-state index in [0.29, 0.717) is 35.8 Å². The zero-order valence-corrected chi connectivity index (χ0v) is 44.1. The van der Waals surface area contributed by atoms with Crippen molar-refractivity contribution in [1.82, 2.24) is 14.8 Å². The number of carbonyl (C=O) groups excluding carboxylic acids is 5. The van der Waals surface area contributed by atoms with Gasteiger partial charge in [0.1, 0.15) is 39.7 Å². The topological polar surface area (TPSA) is 221 Å². The molecular weight excluding hydrogens is 1010 g/mol. The largest absolute Gasteiger partial charge is 0.497 e. The van der Waals surface area contributed by atoms with Crippen LogP contribution in [-0.2, 0) is 4.74 Å². The van der Waals surface area contributed by atoms with Crippen LogP contribution in [0, 0.1) is 20.8 Å². The summed E-state index contributed by atoms with van der Waals surface area (Å²) in [7, 11) is 9.47. The first-order chi connectivity index (χ1) is 35.4. The Kier molecular flexibility index (Phi) is 18.6. The maximum Gasteiger partial charge on any atom is 0.348 e. The Balaban J connectivity index is 0.000000188. The lowest BCUT2D eigenvalue weighted by atomic mass is 10.1. The van der Waals surface area contributed by atoms with Gasteiger partial charge in [0.2, 0.25) is 0 Å². The second kappa shape index (κ2) is 25.1. The molecule has 3 N–H and O–H groups in total. The van der Waals surface area contributed by atoms with Crippen molar-refractivity contribution in [1.29, 1.82) is 0 Å². The summed E-state index contributed by atoms with van der Waals surface area (Å²) < 4.78 is 21.7. The van der Waals surface area contributed by atoms with E-state index in [9.17, 15) is 28.8 Å². The summed E-state index contributed by atoms with van der Waals surface area (Å²) in [6.07, 6.45) is 3.06. The smallest absolute Gasteiger partial charge is 0.348 e. The molecule has 18 nitrogen and oxygen atoms in total. The number of nitrogens with one attached hydrogen (secondary N) is 2.